The molecule has 4 atom stereocenters. The molecule has 2 aliphatic rings. The molecule has 1 fully saturated rings. The van der Waals surface area contributed by atoms with Gasteiger partial charge < -0.3 is 5.11 Å². The van der Waals surface area contributed by atoms with E-state index in [1.807, 2.05) is 0 Å². The summed E-state index contributed by atoms with van der Waals surface area (Å²) in [5, 5.41) is 12.0. The van der Waals surface area contributed by atoms with Gasteiger partial charge in [-0.3, -0.25) is 14.4 Å². The fourth-order valence-electron chi connectivity index (χ4n) is 4.22. The number of alkyl halides is 2. The number of hydrogen-bond donors (Lipinski definition) is 1. The fraction of sp³-hybridized carbons (Fsp3) is 0.190. The van der Waals surface area contributed by atoms with Crippen molar-refractivity contribution in [2.24, 2.45) is 5.92 Å². The van der Waals surface area contributed by atoms with Crippen LogP contribution in [0, 0.1) is 5.92 Å². The van der Waals surface area contributed by atoms with Gasteiger partial charge in [0.2, 0.25) is 0 Å². The number of benzene rings is 2. The quantitative estimate of drug-likeness (QED) is 0.384. The summed E-state index contributed by atoms with van der Waals surface area (Å²) >= 11 is 13.2. The van der Waals surface area contributed by atoms with Crippen LogP contribution in [0.3, 0.4) is 0 Å². The van der Waals surface area contributed by atoms with Gasteiger partial charge in [-0.2, -0.15) is 0 Å². The molecule has 2 aromatic carbocycles. The molecule has 1 N–H and O–H groups in total. The molecule has 0 amide bonds. The van der Waals surface area contributed by atoms with Gasteiger partial charge in [-0.05, 0) is 37.4 Å². The summed E-state index contributed by atoms with van der Waals surface area (Å²) in [7, 11) is 0. The first-order valence-corrected chi connectivity index (χ1v) is 11.7. The highest BCUT2D eigenvalue weighted by Crippen LogP contribution is 2.73. The van der Waals surface area contributed by atoms with E-state index in [4.69, 9.17) is 0 Å². The Morgan fingerprint density at radius 1 is 0.828 bits per heavy atom. The van der Waals surface area contributed by atoms with E-state index in [-0.39, 0.29) is 8.96 Å². The third kappa shape index (κ3) is 2.47. The molecule has 4 unspecified atom stereocenters. The number of hydrogen-bond acceptors (Lipinski definition) is 4. The van der Waals surface area contributed by atoms with Gasteiger partial charge in [0.1, 0.15) is 14.2 Å². The number of fused-ring (bicyclic) bond motifs is 1. The van der Waals surface area contributed by atoms with Crippen molar-refractivity contribution in [2.45, 2.75) is 14.2 Å². The largest absolute Gasteiger partial charge is 0.382 e. The summed E-state index contributed by atoms with van der Waals surface area (Å²) < 4.78 is -3.42. The lowest BCUT2D eigenvalue weighted by molar-refractivity contribution is -0.168. The third-order valence-electron chi connectivity index (χ3n) is 5.61. The van der Waals surface area contributed by atoms with Gasteiger partial charge in [0.25, 0.3) is 0 Å². The molecule has 29 heavy (non-hydrogen) atoms. The van der Waals surface area contributed by atoms with Crippen LogP contribution in [-0.2, 0) is 15.2 Å². The van der Waals surface area contributed by atoms with Crippen molar-refractivity contribution in [3.63, 3.8) is 0 Å². The predicted octanol–water partition coefficient (Wildman–Crippen LogP) is 4.81. The Balaban J connectivity index is 2.02. The van der Waals surface area contributed by atoms with E-state index in [0.29, 0.717) is 11.1 Å². The highest BCUT2D eigenvalue weighted by molar-refractivity contribution is 9.15. The van der Waals surface area contributed by atoms with E-state index < -0.39 is 37.5 Å². The van der Waals surface area contributed by atoms with Crippen LogP contribution in [0.25, 0.3) is 0 Å². The maximum Gasteiger partial charge on any atom is 0.193 e. The first-order chi connectivity index (χ1) is 13.6. The lowest BCUT2D eigenvalue weighted by Gasteiger charge is -2.67. The standard InChI is InChI=1S/C21H12Br4O4/c22-13-14(23)18(28)21(25)19(24,17(13)27)16(15(26)11-7-3-1-4-8-11)20(21,29)12-9-5-2-6-10-12/h1-10,16,29H. The summed E-state index contributed by atoms with van der Waals surface area (Å²) in [5.41, 5.74) is -1.27. The average molecular weight is 648 g/mol. The molecule has 0 heterocycles. The SMILES string of the molecule is O=C(c1ccccc1)C1C2(Br)C(=O)C(Br)=C(Br)C(=O)C2(Br)C1(O)c1ccccc1. The Hall–Kier alpha value is -0.930. The van der Waals surface area contributed by atoms with Crippen LogP contribution in [0.1, 0.15) is 15.9 Å². The van der Waals surface area contributed by atoms with Crippen molar-refractivity contribution >= 4 is 81.1 Å². The molecule has 2 aliphatic carbocycles. The van der Waals surface area contributed by atoms with E-state index in [1.54, 1.807) is 60.7 Å². The topological polar surface area (TPSA) is 71.4 Å². The van der Waals surface area contributed by atoms with Gasteiger partial charge in [0, 0.05) is 5.56 Å². The minimum atomic E-state index is -1.97. The molecule has 1 saturated carbocycles. The lowest BCUT2D eigenvalue weighted by Crippen LogP contribution is -2.86. The zero-order chi connectivity index (χ0) is 21.2. The Morgan fingerprint density at radius 2 is 1.31 bits per heavy atom. The molecular weight excluding hydrogens is 636 g/mol. The van der Waals surface area contributed by atoms with Crippen LogP contribution >= 0.6 is 63.7 Å². The Morgan fingerprint density at radius 3 is 1.86 bits per heavy atom. The number of aliphatic hydroxyl groups is 1. The van der Waals surface area contributed by atoms with Crippen molar-refractivity contribution in [3.05, 3.63) is 80.8 Å². The first-order valence-electron chi connectivity index (χ1n) is 8.53. The Bertz CT molecular complexity index is 1080. The molecule has 8 heteroatoms. The van der Waals surface area contributed by atoms with Crippen molar-refractivity contribution in [1.29, 1.82) is 0 Å². The number of allylic oxidation sites excluding steroid dienone is 2. The van der Waals surface area contributed by atoms with E-state index in [9.17, 15) is 19.5 Å². The van der Waals surface area contributed by atoms with Crippen LogP contribution < -0.4 is 0 Å². The van der Waals surface area contributed by atoms with E-state index in [0.717, 1.165) is 0 Å². The van der Waals surface area contributed by atoms with Gasteiger partial charge in [0.05, 0.1) is 14.9 Å². The number of rotatable bonds is 3. The second-order valence-corrected chi connectivity index (χ2v) is 11.0. The van der Waals surface area contributed by atoms with Crippen molar-refractivity contribution < 1.29 is 19.5 Å². The number of Topliss-reactive ketones (excluding diaryl/α,β-unsaturated/α-hetero) is 3. The van der Waals surface area contributed by atoms with Crippen LogP contribution in [0.4, 0.5) is 0 Å². The molecular formula is C21H12Br4O4. The molecule has 0 bridgehead atoms. The predicted molar refractivity (Wildman–Crippen MR) is 123 cm³/mol. The molecule has 148 valence electrons. The lowest BCUT2D eigenvalue weighted by atomic mass is 9.45. The van der Waals surface area contributed by atoms with Crippen LogP contribution in [0.5, 0.6) is 0 Å². The number of halogens is 4. The fourth-order valence-corrected chi connectivity index (χ4v) is 8.01. The summed E-state index contributed by atoms with van der Waals surface area (Å²) in [4.78, 5) is 40.2. The van der Waals surface area contributed by atoms with Gasteiger partial charge in [-0.15, -0.1) is 0 Å². The van der Waals surface area contributed by atoms with Gasteiger partial charge in [-0.1, -0.05) is 92.5 Å². The monoisotopic (exact) mass is 644 g/mol. The molecule has 0 saturated heterocycles. The smallest absolute Gasteiger partial charge is 0.193 e. The number of carbonyl (C=O) groups is 3. The first kappa shape index (κ1) is 21.3. The molecule has 0 radical (unpaired) electrons. The summed E-state index contributed by atoms with van der Waals surface area (Å²) in [6.45, 7) is 0. The maximum absolute atomic E-state index is 13.5. The molecule has 4 rings (SSSR count). The van der Waals surface area contributed by atoms with Crippen LogP contribution in [-0.4, -0.2) is 31.1 Å². The van der Waals surface area contributed by atoms with E-state index >= 15 is 0 Å². The molecule has 0 spiro atoms. The maximum atomic E-state index is 13.5. The van der Waals surface area contributed by atoms with Crippen molar-refractivity contribution in [3.8, 4) is 0 Å². The summed E-state index contributed by atoms with van der Waals surface area (Å²) in [6, 6.07) is 16.9. The van der Waals surface area contributed by atoms with E-state index in [2.05, 4.69) is 63.7 Å². The van der Waals surface area contributed by atoms with Crippen molar-refractivity contribution in [1.82, 2.24) is 0 Å². The van der Waals surface area contributed by atoms with Gasteiger partial charge >= 0.3 is 0 Å². The zero-order valence-corrected chi connectivity index (χ0v) is 20.9. The number of carbonyl (C=O) groups excluding carboxylic acids is 3. The normalized spacial score (nSPS) is 33.9. The molecule has 4 nitrogen and oxygen atoms in total. The van der Waals surface area contributed by atoms with E-state index in [1.165, 1.54) is 0 Å². The Kier molecular flexibility index (Phi) is 5.18. The zero-order valence-electron chi connectivity index (χ0n) is 14.5. The van der Waals surface area contributed by atoms with Crippen molar-refractivity contribution in [2.75, 3.05) is 0 Å². The second kappa shape index (κ2) is 7.05. The van der Waals surface area contributed by atoms with Gasteiger partial charge in [0.15, 0.2) is 17.3 Å². The van der Waals surface area contributed by atoms with Gasteiger partial charge in [-0.25, -0.2) is 0 Å². The average Bonchev–Trinajstić information content (AvgIpc) is 2.76. The van der Waals surface area contributed by atoms with Crippen LogP contribution in [0.15, 0.2) is 69.6 Å². The second-order valence-electron chi connectivity index (χ2n) is 6.95. The molecule has 0 aromatic heterocycles. The minimum absolute atomic E-state index is 0.00872. The minimum Gasteiger partial charge on any atom is -0.382 e. The number of ketones is 3. The summed E-state index contributed by atoms with van der Waals surface area (Å²) in [5.74, 6) is -2.73. The summed E-state index contributed by atoms with van der Waals surface area (Å²) in [6.07, 6.45) is 0. The van der Waals surface area contributed by atoms with Crippen LogP contribution in [0.2, 0.25) is 0 Å². The molecule has 0 aliphatic heterocycles. The highest BCUT2D eigenvalue weighted by Gasteiger charge is 2.87. The Labute approximate surface area is 200 Å². The molecule has 2 aromatic rings. The third-order valence-corrected chi connectivity index (χ3v) is 11.2. The highest BCUT2D eigenvalue weighted by atomic mass is 79.9.